The first-order valence-electron chi connectivity index (χ1n) is 3.33. The van der Waals surface area contributed by atoms with Gasteiger partial charge in [0.05, 0.1) is 6.54 Å². The Kier molecular flexibility index (Phi) is 3.48. The molecule has 0 saturated carbocycles. The molecule has 0 aliphatic heterocycles. The Hall–Kier alpha value is -0.620. The van der Waals surface area contributed by atoms with Gasteiger partial charge in [0.25, 0.3) is 0 Å². The number of carbonyl (C=O) groups is 1. The molecule has 0 unspecified atom stereocenters. The van der Waals surface area contributed by atoms with Crippen molar-refractivity contribution in [3.63, 3.8) is 0 Å². The molecule has 66 valence electrons. The zero-order valence-electron chi connectivity index (χ0n) is 6.83. The van der Waals surface area contributed by atoms with Crippen molar-refractivity contribution in [2.24, 2.45) is 0 Å². The zero-order valence-corrected chi connectivity index (χ0v) is 8.46. The van der Waals surface area contributed by atoms with Gasteiger partial charge in [-0.3, -0.25) is 4.79 Å². The lowest BCUT2D eigenvalue weighted by Crippen LogP contribution is -2.18. The molecule has 1 N–H and O–H groups in total. The van der Waals surface area contributed by atoms with Gasteiger partial charge in [-0.05, 0) is 6.26 Å². The van der Waals surface area contributed by atoms with E-state index in [9.17, 15) is 4.79 Å². The lowest BCUT2D eigenvalue weighted by atomic mass is 10.6. The third-order valence-corrected chi connectivity index (χ3v) is 3.01. The maximum absolute atomic E-state index is 10.5. The van der Waals surface area contributed by atoms with Crippen molar-refractivity contribution in [1.82, 2.24) is 15.5 Å². The van der Waals surface area contributed by atoms with Crippen molar-refractivity contribution in [3.05, 3.63) is 5.01 Å². The van der Waals surface area contributed by atoms with Crippen LogP contribution in [-0.4, -0.2) is 22.4 Å². The monoisotopic (exact) mass is 203 g/mol. The minimum Gasteiger partial charge on any atom is -0.350 e. The van der Waals surface area contributed by atoms with Crippen LogP contribution in [0.2, 0.25) is 0 Å². The number of hydrogen-bond acceptors (Lipinski definition) is 5. The van der Waals surface area contributed by atoms with Gasteiger partial charge in [-0.25, -0.2) is 0 Å². The number of hydrogen-bond donors (Lipinski definition) is 1. The molecule has 0 spiro atoms. The van der Waals surface area contributed by atoms with Gasteiger partial charge in [0, 0.05) is 6.92 Å². The Morgan fingerprint density at radius 1 is 1.67 bits per heavy atom. The summed E-state index contributed by atoms with van der Waals surface area (Å²) in [7, 11) is 0. The van der Waals surface area contributed by atoms with Crippen LogP contribution < -0.4 is 5.32 Å². The molecule has 1 aromatic heterocycles. The van der Waals surface area contributed by atoms with Gasteiger partial charge >= 0.3 is 0 Å². The summed E-state index contributed by atoms with van der Waals surface area (Å²) in [5.41, 5.74) is 0. The van der Waals surface area contributed by atoms with Crippen molar-refractivity contribution in [2.75, 3.05) is 6.26 Å². The molecule has 0 fully saturated rings. The smallest absolute Gasteiger partial charge is 0.217 e. The molecule has 1 heterocycles. The molecule has 0 saturated heterocycles. The van der Waals surface area contributed by atoms with Gasteiger partial charge in [-0.2, -0.15) is 0 Å². The minimum atomic E-state index is -0.0455. The number of nitrogens with zero attached hydrogens (tertiary/aromatic N) is 2. The standard InChI is InChI=1S/C6H9N3OS2/c1-4(10)7-3-5-8-9-6(11-2)12-5/h3H2,1-2H3,(H,7,10). The van der Waals surface area contributed by atoms with E-state index in [2.05, 4.69) is 15.5 Å². The molecule has 0 aliphatic rings. The Bertz CT molecular complexity index is 274. The Balaban J connectivity index is 2.47. The van der Waals surface area contributed by atoms with Crippen molar-refractivity contribution in [2.45, 2.75) is 17.8 Å². The van der Waals surface area contributed by atoms with E-state index in [0.29, 0.717) is 6.54 Å². The van der Waals surface area contributed by atoms with Crippen LogP contribution in [-0.2, 0) is 11.3 Å². The van der Waals surface area contributed by atoms with E-state index in [1.54, 1.807) is 11.8 Å². The topological polar surface area (TPSA) is 54.9 Å². The summed E-state index contributed by atoms with van der Waals surface area (Å²) < 4.78 is 0.926. The van der Waals surface area contributed by atoms with E-state index in [1.807, 2.05) is 6.26 Å². The van der Waals surface area contributed by atoms with Crippen LogP contribution in [0.1, 0.15) is 11.9 Å². The first-order chi connectivity index (χ1) is 5.72. The molecule has 0 radical (unpaired) electrons. The number of thioether (sulfide) groups is 1. The van der Waals surface area contributed by atoms with Gasteiger partial charge in [-0.15, -0.1) is 10.2 Å². The molecule has 4 nitrogen and oxygen atoms in total. The van der Waals surface area contributed by atoms with Crippen LogP contribution in [0.4, 0.5) is 0 Å². The molecule has 0 aliphatic carbocycles. The number of aromatic nitrogens is 2. The summed E-state index contributed by atoms with van der Waals surface area (Å²) in [6, 6.07) is 0. The van der Waals surface area contributed by atoms with Gasteiger partial charge in [0.2, 0.25) is 5.91 Å². The SMILES string of the molecule is CSc1nnc(CNC(C)=O)s1. The molecule has 0 atom stereocenters. The summed E-state index contributed by atoms with van der Waals surface area (Å²) in [5.74, 6) is -0.0455. The van der Waals surface area contributed by atoms with E-state index in [4.69, 9.17) is 0 Å². The largest absolute Gasteiger partial charge is 0.350 e. The second kappa shape index (κ2) is 4.42. The van der Waals surface area contributed by atoms with Crippen molar-refractivity contribution in [3.8, 4) is 0 Å². The van der Waals surface area contributed by atoms with Crippen molar-refractivity contribution in [1.29, 1.82) is 0 Å². The van der Waals surface area contributed by atoms with Crippen molar-refractivity contribution >= 4 is 29.0 Å². The first kappa shape index (κ1) is 9.47. The molecule has 1 amide bonds. The zero-order chi connectivity index (χ0) is 8.97. The lowest BCUT2D eigenvalue weighted by molar-refractivity contribution is -0.119. The van der Waals surface area contributed by atoms with Gasteiger partial charge in [0.15, 0.2) is 4.34 Å². The maximum atomic E-state index is 10.5. The predicted molar refractivity (Wildman–Crippen MR) is 49.2 cm³/mol. The average molecular weight is 203 g/mol. The average Bonchev–Trinajstić information content (AvgIpc) is 2.48. The summed E-state index contributed by atoms with van der Waals surface area (Å²) in [4.78, 5) is 10.5. The maximum Gasteiger partial charge on any atom is 0.217 e. The molecule has 0 bridgehead atoms. The van der Waals surface area contributed by atoms with Crippen LogP contribution in [0.3, 0.4) is 0 Å². The molecule has 1 aromatic rings. The summed E-state index contributed by atoms with van der Waals surface area (Å²) >= 11 is 3.06. The van der Waals surface area contributed by atoms with Gasteiger partial charge < -0.3 is 5.32 Å². The predicted octanol–water partition coefficient (Wildman–Crippen LogP) is 0.896. The van der Waals surface area contributed by atoms with Crippen LogP contribution in [0.25, 0.3) is 0 Å². The Labute approximate surface area is 78.8 Å². The van der Waals surface area contributed by atoms with E-state index in [0.717, 1.165) is 9.35 Å². The fourth-order valence-electron chi connectivity index (χ4n) is 0.592. The molecular formula is C6H9N3OS2. The molecule has 0 aromatic carbocycles. The van der Waals surface area contributed by atoms with E-state index >= 15 is 0 Å². The number of amides is 1. The van der Waals surface area contributed by atoms with E-state index in [-0.39, 0.29) is 5.91 Å². The highest BCUT2D eigenvalue weighted by Gasteiger charge is 2.02. The van der Waals surface area contributed by atoms with E-state index < -0.39 is 0 Å². The van der Waals surface area contributed by atoms with E-state index in [1.165, 1.54) is 18.3 Å². The quantitative estimate of drug-likeness (QED) is 0.741. The highest BCUT2D eigenvalue weighted by molar-refractivity contribution is 8.00. The summed E-state index contributed by atoms with van der Waals surface area (Å²) in [6.07, 6.45) is 1.95. The Morgan fingerprint density at radius 3 is 2.92 bits per heavy atom. The highest BCUT2D eigenvalue weighted by atomic mass is 32.2. The molecule has 1 rings (SSSR count). The third-order valence-electron chi connectivity index (χ3n) is 1.11. The third kappa shape index (κ3) is 2.78. The fraction of sp³-hybridized carbons (Fsp3) is 0.500. The highest BCUT2D eigenvalue weighted by Crippen LogP contribution is 2.18. The molecule has 6 heteroatoms. The van der Waals surface area contributed by atoms with Crippen LogP contribution in [0, 0.1) is 0 Å². The first-order valence-corrected chi connectivity index (χ1v) is 5.37. The van der Waals surface area contributed by atoms with Crippen LogP contribution >= 0.6 is 23.1 Å². The van der Waals surface area contributed by atoms with Crippen molar-refractivity contribution < 1.29 is 4.79 Å². The second-order valence-corrected chi connectivity index (χ2v) is 4.19. The normalized spacial score (nSPS) is 9.83. The lowest BCUT2D eigenvalue weighted by Gasteiger charge is -1.94. The van der Waals surface area contributed by atoms with Crippen LogP contribution in [0.5, 0.6) is 0 Å². The van der Waals surface area contributed by atoms with Gasteiger partial charge in [0.1, 0.15) is 5.01 Å². The number of rotatable bonds is 3. The number of carbonyl (C=O) groups excluding carboxylic acids is 1. The molecular weight excluding hydrogens is 194 g/mol. The minimum absolute atomic E-state index is 0.0455. The fourth-order valence-corrected chi connectivity index (χ4v) is 1.85. The number of nitrogens with one attached hydrogen (secondary N) is 1. The molecule has 12 heavy (non-hydrogen) atoms. The Morgan fingerprint density at radius 2 is 2.42 bits per heavy atom. The summed E-state index contributed by atoms with van der Waals surface area (Å²) in [5, 5.41) is 11.3. The summed E-state index contributed by atoms with van der Waals surface area (Å²) in [6.45, 7) is 1.96. The van der Waals surface area contributed by atoms with Crippen LogP contribution in [0.15, 0.2) is 4.34 Å². The van der Waals surface area contributed by atoms with Gasteiger partial charge in [-0.1, -0.05) is 23.1 Å². The second-order valence-electron chi connectivity index (χ2n) is 2.08.